The van der Waals surface area contributed by atoms with Crippen molar-refractivity contribution in [1.82, 2.24) is 9.88 Å². The Morgan fingerprint density at radius 3 is 3.06 bits per heavy atom. The zero-order chi connectivity index (χ0) is 11.4. The molecule has 1 unspecified atom stereocenters. The number of halogens is 1. The fourth-order valence-electron chi connectivity index (χ4n) is 2.12. The van der Waals surface area contributed by atoms with Gasteiger partial charge in [-0.1, -0.05) is 0 Å². The third-order valence-corrected chi connectivity index (χ3v) is 3.63. The smallest absolute Gasteiger partial charge is 0.180 e. The minimum Gasteiger partial charge on any atom is -0.381 e. The van der Waals surface area contributed by atoms with Crippen LogP contribution in [0.5, 0.6) is 0 Å². The summed E-state index contributed by atoms with van der Waals surface area (Å²) in [6, 6.07) is 0. The summed E-state index contributed by atoms with van der Waals surface area (Å²) in [5.74, 6) is 0.684. The van der Waals surface area contributed by atoms with Gasteiger partial charge >= 0.3 is 0 Å². The largest absolute Gasteiger partial charge is 0.381 e. The van der Waals surface area contributed by atoms with E-state index in [9.17, 15) is 0 Å². The van der Waals surface area contributed by atoms with Crippen molar-refractivity contribution in [2.24, 2.45) is 5.92 Å². The van der Waals surface area contributed by atoms with Crippen LogP contribution in [0.25, 0.3) is 0 Å². The van der Waals surface area contributed by atoms with Gasteiger partial charge in [-0.3, -0.25) is 0 Å². The summed E-state index contributed by atoms with van der Waals surface area (Å²) in [5, 5.41) is 0.657. The van der Waals surface area contributed by atoms with Crippen LogP contribution in [0.4, 0.5) is 5.13 Å². The van der Waals surface area contributed by atoms with Gasteiger partial charge in [-0.25, -0.2) is 4.98 Å². The number of ether oxygens (including phenoxy) is 1. The molecule has 1 aromatic rings. The highest BCUT2D eigenvalue weighted by Crippen LogP contribution is 2.18. The lowest BCUT2D eigenvalue weighted by Crippen LogP contribution is -2.30. The number of hydrogen-bond donors (Lipinski definition) is 1. The lowest BCUT2D eigenvalue weighted by molar-refractivity contribution is 0.0412. The average Bonchev–Trinajstić information content (AvgIpc) is 2.65. The lowest BCUT2D eigenvalue weighted by Gasteiger charge is -2.26. The van der Waals surface area contributed by atoms with E-state index in [1.807, 2.05) is 6.20 Å². The first-order valence-electron chi connectivity index (χ1n) is 5.70. The first-order valence-corrected chi connectivity index (χ1v) is 6.52. The van der Waals surface area contributed by atoms with Crippen LogP contribution in [0.3, 0.4) is 0 Å². The molecular formula is C11H20ClN3OS. The Kier molecular flexibility index (Phi) is 6.19. The number of hydrogen-bond acceptors (Lipinski definition) is 5. The maximum absolute atomic E-state index is 5.61. The third kappa shape index (κ3) is 4.79. The molecule has 0 spiro atoms. The first kappa shape index (κ1) is 14.7. The molecular weight excluding hydrogens is 258 g/mol. The molecule has 2 heterocycles. The van der Waals surface area contributed by atoms with Gasteiger partial charge in [-0.15, -0.1) is 23.7 Å². The minimum atomic E-state index is 0. The van der Waals surface area contributed by atoms with Crippen LogP contribution in [0, 0.1) is 5.92 Å². The molecule has 1 aliphatic rings. The van der Waals surface area contributed by atoms with Crippen LogP contribution in [-0.4, -0.2) is 36.7 Å². The number of nitrogens with zero attached hydrogens (tertiary/aromatic N) is 2. The molecule has 98 valence electrons. The van der Waals surface area contributed by atoms with E-state index in [1.165, 1.54) is 17.7 Å². The second kappa shape index (κ2) is 7.16. The molecule has 1 atom stereocenters. The van der Waals surface area contributed by atoms with E-state index in [1.54, 1.807) is 11.3 Å². The fraction of sp³-hybridized carbons (Fsp3) is 0.727. The molecule has 1 aromatic heterocycles. The molecule has 4 nitrogen and oxygen atoms in total. The van der Waals surface area contributed by atoms with Gasteiger partial charge in [0.1, 0.15) is 0 Å². The highest BCUT2D eigenvalue weighted by Gasteiger charge is 2.16. The molecule has 0 bridgehead atoms. The van der Waals surface area contributed by atoms with Gasteiger partial charge in [0, 0.05) is 30.8 Å². The lowest BCUT2D eigenvalue weighted by atomic mass is 10.0. The van der Waals surface area contributed by atoms with Crippen molar-refractivity contribution in [3.05, 3.63) is 11.1 Å². The third-order valence-electron chi connectivity index (χ3n) is 2.82. The average molecular weight is 278 g/mol. The molecule has 2 rings (SSSR count). The van der Waals surface area contributed by atoms with Crippen LogP contribution in [-0.2, 0) is 11.3 Å². The summed E-state index contributed by atoms with van der Waals surface area (Å²) in [6.45, 7) is 3.88. The van der Waals surface area contributed by atoms with Crippen molar-refractivity contribution in [2.75, 3.05) is 32.5 Å². The summed E-state index contributed by atoms with van der Waals surface area (Å²) in [7, 11) is 2.14. The molecule has 0 aromatic carbocycles. The second-order valence-corrected chi connectivity index (χ2v) is 5.59. The van der Waals surface area contributed by atoms with Crippen molar-refractivity contribution in [2.45, 2.75) is 19.4 Å². The van der Waals surface area contributed by atoms with E-state index < -0.39 is 0 Å². The molecule has 0 amide bonds. The zero-order valence-electron chi connectivity index (χ0n) is 10.1. The Labute approximate surface area is 113 Å². The summed E-state index contributed by atoms with van der Waals surface area (Å²) < 4.78 is 5.48. The molecule has 0 saturated carbocycles. The highest BCUT2D eigenvalue weighted by molar-refractivity contribution is 7.15. The van der Waals surface area contributed by atoms with Gasteiger partial charge in [-0.05, 0) is 25.8 Å². The number of anilines is 1. The first-order chi connectivity index (χ1) is 7.74. The Bertz CT molecular complexity index is 328. The molecule has 17 heavy (non-hydrogen) atoms. The quantitative estimate of drug-likeness (QED) is 0.915. The molecule has 1 fully saturated rings. The number of nitrogen functional groups attached to an aromatic ring is 1. The zero-order valence-corrected chi connectivity index (χ0v) is 11.7. The Hall–Kier alpha value is -0.360. The fourth-order valence-corrected chi connectivity index (χ4v) is 2.88. The van der Waals surface area contributed by atoms with Gasteiger partial charge in [0.25, 0.3) is 0 Å². The summed E-state index contributed by atoms with van der Waals surface area (Å²) >= 11 is 1.57. The van der Waals surface area contributed by atoms with E-state index in [0.717, 1.165) is 26.3 Å². The van der Waals surface area contributed by atoms with Crippen molar-refractivity contribution >= 4 is 28.9 Å². The maximum Gasteiger partial charge on any atom is 0.180 e. The SMILES string of the molecule is CN(Cc1cnc(N)s1)CC1CCCOC1.Cl. The normalized spacial score (nSPS) is 20.2. The van der Waals surface area contributed by atoms with E-state index in [4.69, 9.17) is 10.5 Å². The van der Waals surface area contributed by atoms with E-state index in [-0.39, 0.29) is 12.4 Å². The molecule has 1 saturated heterocycles. The minimum absolute atomic E-state index is 0. The van der Waals surface area contributed by atoms with Crippen LogP contribution in [0.2, 0.25) is 0 Å². The summed E-state index contributed by atoms with van der Waals surface area (Å²) in [5.41, 5.74) is 5.61. The van der Waals surface area contributed by atoms with E-state index in [2.05, 4.69) is 16.9 Å². The van der Waals surface area contributed by atoms with E-state index >= 15 is 0 Å². The van der Waals surface area contributed by atoms with Crippen molar-refractivity contribution in [1.29, 1.82) is 0 Å². The molecule has 2 N–H and O–H groups in total. The second-order valence-electron chi connectivity index (χ2n) is 4.44. The van der Waals surface area contributed by atoms with Gasteiger partial charge in [0.15, 0.2) is 5.13 Å². The predicted octanol–water partition coefficient (Wildman–Crippen LogP) is 2.01. The maximum atomic E-state index is 5.61. The van der Waals surface area contributed by atoms with Gasteiger partial charge in [0.2, 0.25) is 0 Å². The van der Waals surface area contributed by atoms with Crippen LogP contribution in [0.15, 0.2) is 6.20 Å². The van der Waals surface area contributed by atoms with Crippen LogP contribution in [0.1, 0.15) is 17.7 Å². The molecule has 0 radical (unpaired) electrons. The summed E-state index contributed by atoms with van der Waals surface area (Å²) in [4.78, 5) is 7.62. The van der Waals surface area contributed by atoms with Crippen molar-refractivity contribution in [3.63, 3.8) is 0 Å². The topological polar surface area (TPSA) is 51.4 Å². The standard InChI is InChI=1S/C11H19N3OS.ClH/c1-14(6-9-3-2-4-15-8-9)7-10-5-13-11(12)16-10;/h5,9H,2-4,6-8H2,1H3,(H2,12,13);1H. The van der Waals surface area contributed by atoms with E-state index in [0.29, 0.717) is 11.0 Å². The predicted molar refractivity (Wildman–Crippen MR) is 73.7 cm³/mol. The number of nitrogens with two attached hydrogens (primary N) is 1. The molecule has 0 aliphatic carbocycles. The Morgan fingerprint density at radius 1 is 1.65 bits per heavy atom. The van der Waals surface area contributed by atoms with Crippen LogP contribution >= 0.6 is 23.7 Å². The van der Waals surface area contributed by atoms with Crippen molar-refractivity contribution in [3.8, 4) is 0 Å². The Balaban J connectivity index is 0.00000144. The van der Waals surface area contributed by atoms with Crippen molar-refractivity contribution < 1.29 is 4.74 Å². The number of rotatable bonds is 4. The summed E-state index contributed by atoms with van der Waals surface area (Å²) in [6.07, 6.45) is 4.36. The van der Waals surface area contributed by atoms with Crippen LogP contribution < -0.4 is 5.73 Å². The number of aromatic nitrogens is 1. The number of thiazole rings is 1. The highest BCUT2D eigenvalue weighted by atomic mass is 35.5. The van der Waals surface area contributed by atoms with Gasteiger partial charge in [-0.2, -0.15) is 0 Å². The molecule has 6 heteroatoms. The van der Waals surface area contributed by atoms with Gasteiger partial charge < -0.3 is 15.4 Å². The Morgan fingerprint density at radius 2 is 2.47 bits per heavy atom. The monoisotopic (exact) mass is 277 g/mol. The van der Waals surface area contributed by atoms with Gasteiger partial charge in [0.05, 0.1) is 6.61 Å². The molecule has 1 aliphatic heterocycles.